The molecule has 0 heterocycles. The lowest BCUT2D eigenvalue weighted by Gasteiger charge is -2.29. The van der Waals surface area contributed by atoms with Crippen LogP contribution < -0.4 is 4.74 Å². The van der Waals surface area contributed by atoms with Crippen molar-refractivity contribution in [2.75, 3.05) is 14.1 Å². The molecule has 3 nitrogen and oxygen atoms in total. The van der Waals surface area contributed by atoms with Gasteiger partial charge in [0.05, 0.1) is 5.41 Å². The Morgan fingerprint density at radius 3 is 2.03 bits per heavy atom. The van der Waals surface area contributed by atoms with Crippen molar-refractivity contribution in [3.05, 3.63) is 59.4 Å². The van der Waals surface area contributed by atoms with E-state index in [0.717, 1.165) is 12.1 Å². The molecule has 0 radical (unpaired) electrons. The van der Waals surface area contributed by atoms with E-state index < -0.39 is 28.9 Å². The average Bonchev–Trinajstić information content (AvgIpc) is 3.45. The first kappa shape index (κ1) is 21.0. The van der Waals surface area contributed by atoms with Gasteiger partial charge in [-0.25, -0.2) is 4.39 Å². The largest absolute Gasteiger partial charge is 0.454 e. The van der Waals surface area contributed by atoms with E-state index in [2.05, 4.69) is 0 Å². The van der Waals surface area contributed by atoms with Crippen molar-refractivity contribution in [1.29, 1.82) is 0 Å². The van der Waals surface area contributed by atoms with Gasteiger partial charge >= 0.3 is 12.1 Å². The van der Waals surface area contributed by atoms with E-state index in [-0.39, 0.29) is 30.2 Å². The number of alkyl halides is 5. The molecule has 1 amide bonds. The Bertz CT molecular complexity index is 918. The van der Waals surface area contributed by atoms with E-state index in [1.807, 2.05) is 0 Å². The van der Waals surface area contributed by atoms with Gasteiger partial charge in [0, 0.05) is 19.7 Å². The zero-order chi connectivity index (χ0) is 21.6. The molecular weight excluding hydrogens is 400 g/mol. The zero-order valence-corrected chi connectivity index (χ0v) is 15.5. The van der Waals surface area contributed by atoms with Gasteiger partial charge < -0.3 is 9.64 Å². The van der Waals surface area contributed by atoms with Crippen LogP contribution >= 0.6 is 0 Å². The maximum Gasteiger partial charge on any atom is 0.454 e. The Hall–Kier alpha value is -2.71. The lowest BCUT2D eigenvalue weighted by atomic mass is 9.88. The summed E-state index contributed by atoms with van der Waals surface area (Å²) in [5, 5.41) is 0. The van der Waals surface area contributed by atoms with Crippen molar-refractivity contribution in [2.45, 2.75) is 30.4 Å². The fourth-order valence-corrected chi connectivity index (χ4v) is 3.11. The summed E-state index contributed by atoms with van der Waals surface area (Å²) in [7, 11) is 3.16. The predicted molar refractivity (Wildman–Crippen MR) is 92.8 cm³/mol. The van der Waals surface area contributed by atoms with Crippen molar-refractivity contribution < 1.29 is 35.9 Å². The number of benzene rings is 2. The summed E-state index contributed by atoms with van der Waals surface area (Å²) in [5.74, 6) is -6.41. The molecule has 2 aromatic rings. The highest BCUT2D eigenvalue weighted by Gasteiger charge is 2.75. The minimum absolute atomic E-state index is 0.175. The molecule has 0 unspecified atom stereocenters. The highest BCUT2D eigenvalue weighted by molar-refractivity contribution is 5.93. The molecule has 1 aliphatic carbocycles. The summed E-state index contributed by atoms with van der Waals surface area (Å²) in [6.45, 7) is 0. The van der Waals surface area contributed by atoms with E-state index >= 15 is 0 Å². The molecule has 0 saturated heterocycles. The minimum atomic E-state index is -5.72. The lowest BCUT2D eigenvalue weighted by Crippen LogP contribution is -2.47. The van der Waals surface area contributed by atoms with Crippen LogP contribution in [0, 0.1) is 5.82 Å². The SMILES string of the molecule is CN(C)C(=O)c1ccc(Oc2ccc(C3(C(F)(F)C(F)(F)F)CC3)cc2F)cc1. The molecule has 1 saturated carbocycles. The van der Waals surface area contributed by atoms with Crippen LogP contribution in [0.15, 0.2) is 42.5 Å². The molecule has 0 N–H and O–H groups in total. The van der Waals surface area contributed by atoms with Crippen LogP contribution in [0.2, 0.25) is 0 Å². The minimum Gasteiger partial charge on any atom is -0.454 e. The van der Waals surface area contributed by atoms with E-state index in [1.54, 1.807) is 14.1 Å². The van der Waals surface area contributed by atoms with Gasteiger partial charge in [0.15, 0.2) is 11.6 Å². The quantitative estimate of drug-likeness (QED) is 0.597. The Morgan fingerprint density at radius 1 is 1.00 bits per heavy atom. The summed E-state index contributed by atoms with van der Waals surface area (Å²) >= 11 is 0. The standard InChI is InChI=1S/C20H17F6NO2/c1-27(2)17(28)12-3-6-14(7-4-12)29-16-8-5-13(11-15(16)21)18(9-10-18)19(22,23)20(24,25)26/h3-8,11H,9-10H2,1-2H3. The normalized spacial score (nSPS) is 15.7. The highest BCUT2D eigenvalue weighted by Crippen LogP contribution is 2.63. The molecule has 0 aliphatic heterocycles. The average molecular weight is 417 g/mol. The third-order valence-electron chi connectivity index (χ3n) is 4.93. The smallest absolute Gasteiger partial charge is 0.454 e. The van der Waals surface area contributed by atoms with Gasteiger partial charge in [-0.15, -0.1) is 0 Å². The lowest BCUT2D eigenvalue weighted by molar-refractivity contribution is -0.296. The molecule has 1 aliphatic rings. The van der Waals surface area contributed by atoms with Crippen LogP contribution in [-0.4, -0.2) is 37.0 Å². The Balaban J connectivity index is 1.82. The summed E-state index contributed by atoms with van der Waals surface area (Å²) in [4.78, 5) is 13.2. The number of hydrogen-bond donors (Lipinski definition) is 0. The van der Waals surface area contributed by atoms with Crippen molar-refractivity contribution in [2.24, 2.45) is 0 Å². The number of carbonyl (C=O) groups excluding carboxylic acids is 1. The van der Waals surface area contributed by atoms with Gasteiger partial charge in [0.2, 0.25) is 0 Å². The third kappa shape index (κ3) is 3.65. The molecule has 2 aromatic carbocycles. The van der Waals surface area contributed by atoms with E-state index in [0.29, 0.717) is 11.6 Å². The summed E-state index contributed by atoms with van der Waals surface area (Å²) in [5.41, 5.74) is -2.49. The first-order chi connectivity index (χ1) is 13.4. The topological polar surface area (TPSA) is 29.5 Å². The van der Waals surface area contributed by atoms with Crippen LogP contribution in [-0.2, 0) is 5.41 Å². The number of carbonyl (C=O) groups is 1. The van der Waals surface area contributed by atoms with Gasteiger partial charge in [-0.1, -0.05) is 6.07 Å². The molecule has 0 atom stereocenters. The number of halogens is 6. The zero-order valence-electron chi connectivity index (χ0n) is 15.5. The number of rotatable bonds is 5. The first-order valence-corrected chi connectivity index (χ1v) is 8.63. The van der Waals surface area contributed by atoms with Crippen molar-refractivity contribution >= 4 is 5.91 Å². The van der Waals surface area contributed by atoms with Gasteiger partial charge in [0.25, 0.3) is 5.91 Å². The number of hydrogen-bond acceptors (Lipinski definition) is 2. The second kappa shape index (κ2) is 6.96. The van der Waals surface area contributed by atoms with Crippen molar-refractivity contribution in [3.8, 4) is 11.5 Å². The monoisotopic (exact) mass is 417 g/mol. The van der Waals surface area contributed by atoms with Gasteiger partial charge in [-0.3, -0.25) is 4.79 Å². The van der Waals surface area contributed by atoms with Crippen molar-refractivity contribution in [3.63, 3.8) is 0 Å². The van der Waals surface area contributed by atoms with E-state index in [9.17, 15) is 31.1 Å². The number of ether oxygens (including phenoxy) is 1. The molecular formula is C20H17F6NO2. The fraction of sp³-hybridized carbons (Fsp3) is 0.350. The van der Waals surface area contributed by atoms with Crippen LogP contribution in [0.4, 0.5) is 26.3 Å². The number of nitrogens with zero attached hydrogens (tertiary/aromatic N) is 1. The van der Waals surface area contributed by atoms with Gasteiger partial charge in [-0.05, 0) is 54.8 Å². The second-order valence-electron chi connectivity index (χ2n) is 7.13. The highest BCUT2D eigenvalue weighted by atomic mass is 19.4. The molecule has 0 bridgehead atoms. The predicted octanol–water partition coefficient (Wildman–Crippen LogP) is 5.55. The molecule has 3 rings (SSSR count). The van der Waals surface area contributed by atoms with E-state index in [1.165, 1.54) is 29.2 Å². The molecule has 9 heteroatoms. The maximum absolute atomic E-state index is 14.4. The molecule has 0 aromatic heterocycles. The number of amides is 1. The first-order valence-electron chi connectivity index (χ1n) is 8.63. The Morgan fingerprint density at radius 2 is 1.59 bits per heavy atom. The van der Waals surface area contributed by atoms with E-state index in [4.69, 9.17) is 4.74 Å². The van der Waals surface area contributed by atoms with Gasteiger partial charge in [0.1, 0.15) is 5.75 Å². The summed E-state index contributed by atoms with van der Waals surface area (Å²) in [6.07, 6.45) is -6.50. The molecule has 29 heavy (non-hydrogen) atoms. The Labute approximate surface area is 162 Å². The molecule has 0 spiro atoms. The maximum atomic E-state index is 14.4. The van der Waals surface area contributed by atoms with Crippen LogP contribution in [0.1, 0.15) is 28.8 Å². The second-order valence-corrected chi connectivity index (χ2v) is 7.13. The van der Waals surface area contributed by atoms with Crippen LogP contribution in [0.25, 0.3) is 0 Å². The van der Waals surface area contributed by atoms with Crippen LogP contribution in [0.3, 0.4) is 0 Å². The third-order valence-corrected chi connectivity index (χ3v) is 4.93. The summed E-state index contributed by atoms with van der Waals surface area (Å²) < 4.78 is 85.8. The molecule has 1 fully saturated rings. The van der Waals surface area contributed by atoms with Crippen molar-refractivity contribution in [1.82, 2.24) is 4.90 Å². The van der Waals surface area contributed by atoms with Gasteiger partial charge in [-0.2, -0.15) is 22.0 Å². The van der Waals surface area contributed by atoms with Crippen LogP contribution in [0.5, 0.6) is 11.5 Å². The Kier molecular flexibility index (Phi) is 5.04. The summed E-state index contributed by atoms with van der Waals surface area (Å²) in [6, 6.07) is 8.48. The molecule has 156 valence electrons. The fourth-order valence-electron chi connectivity index (χ4n) is 3.11.